The Morgan fingerprint density at radius 3 is 2.45 bits per heavy atom. The minimum Gasteiger partial charge on any atom is -0.326 e. The van der Waals surface area contributed by atoms with Crippen LogP contribution in [0, 0.1) is 0 Å². The Kier molecular flexibility index (Phi) is 7.24. The van der Waals surface area contributed by atoms with E-state index in [9.17, 15) is 13.2 Å². The number of rotatable bonds is 9. The van der Waals surface area contributed by atoms with Crippen LogP contribution in [0.5, 0.6) is 0 Å². The van der Waals surface area contributed by atoms with E-state index in [4.69, 9.17) is 0 Å². The average Bonchev–Trinajstić information content (AvgIpc) is 3.16. The summed E-state index contributed by atoms with van der Waals surface area (Å²) >= 11 is 2.81. The van der Waals surface area contributed by atoms with Crippen LogP contribution in [0.3, 0.4) is 0 Å². The van der Waals surface area contributed by atoms with E-state index >= 15 is 0 Å². The second-order valence-corrected chi connectivity index (χ2v) is 9.86. The molecule has 0 aliphatic carbocycles. The smallest absolute Gasteiger partial charge is 0.263 e. The van der Waals surface area contributed by atoms with Crippen LogP contribution in [0.15, 0.2) is 64.4 Å². The van der Waals surface area contributed by atoms with Crippen LogP contribution in [-0.4, -0.2) is 30.3 Å². The number of nitrogens with zero attached hydrogens (tertiary/aromatic N) is 2. The second kappa shape index (κ2) is 9.86. The van der Waals surface area contributed by atoms with Gasteiger partial charge in [-0.3, -0.25) is 9.52 Å². The van der Waals surface area contributed by atoms with Crippen molar-refractivity contribution in [3.05, 3.63) is 59.6 Å². The van der Waals surface area contributed by atoms with Crippen LogP contribution in [-0.2, 0) is 21.2 Å². The molecule has 10 heteroatoms. The fourth-order valence-corrected chi connectivity index (χ4v) is 5.11. The molecule has 1 aromatic heterocycles. The minimum absolute atomic E-state index is 0.0865. The summed E-state index contributed by atoms with van der Waals surface area (Å²) in [6, 6.07) is 15.9. The molecule has 3 rings (SSSR count). The van der Waals surface area contributed by atoms with Gasteiger partial charge in [-0.15, -0.1) is 22.0 Å². The van der Waals surface area contributed by atoms with Gasteiger partial charge >= 0.3 is 0 Å². The van der Waals surface area contributed by atoms with Crippen LogP contribution in [0.4, 0.5) is 10.8 Å². The molecular weight excluding hydrogens is 428 g/mol. The van der Waals surface area contributed by atoms with Gasteiger partial charge in [0.05, 0.1) is 4.90 Å². The average molecular weight is 449 g/mol. The summed E-state index contributed by atoms with van der Waals surface area (Å²) in [4.78, 5) is 13.3. The maximum atomic E-state index is 12.4. The summed E-state index contributed by atoms with van der Waals surface area (Å²) in [7, 11) is -3.76. The Labute approximate surface area is 178 Å². The standard InChI is InChI=1S/C19H20N4O3S3/c1-2-18-21-22-19(28-18)23-29(25,26)16-10-8-14(9-11-16)20-17(24)12-13-27-15-6-4-3-5-7-15/h3-11H,2,12-13H2,1H3,(H,20,24)(H,22,23). The maximum absolute atomic E-state index is 12.4. The number of hydrogen-bond acceptors (Lipinski definition) is 7. The van der Waals surface area contributed by atoms with E-state index in [1.165, 1.54) is 23.5 Å². The van der Waals surface area contributed by atoms with E-state index in [0.29, 0.717) is 24.3 Å². The molecule has 0 saturated heterocycles. The third-order valence-corrected chi connectivity index (χ3v) is 7.26. The molecule has 1 heterocycles. The largest absolute Gasteiger partial charge is 0.326 e. The Morgan fingerprint density at radius 1 is 1.07 bits per heavy atom. The number of anilines is 2. The van der Waals surface area contributed by atoms with Crippen molar-refractivity contribution in [3.8, 4) is 0 Å². The quantitative estimate of drug-likeness (QED) is 0.480. The Morgan fingerprint density at radius 2 is 1.79 bits per heavy atom. The van der Waals surface area contributed by atoms with Gasteiger partial charge < -0.3 is 5.32 Å². The summed E-state index contributed by atoms with van der Waals surface area (Å²) < 4.78 is 27.3. The Hall–Kier alpha value is -2.43. The van der Waals surface area contributed by atoms with Gasteiger partial charge in [-0.1, -0.05) is 36.5 Å². The van der Waals surface area contributed by atoms with E-state index in [-0.39, 0.29) is 15.9 Å². The molecule has 0 aliphatic heterocycles. The molecule has 0 spiro atoms. The first-order chi connectivity index (χ1) is 14.0. The molecule has 0 saturated carbocycles. The number of hydrogen-bond donors (Lipinski definition) is 2. The molecule has 1 amide bonds. The summed E-state index contributed by atoms with van der Waals surface area (Å²) in [6.45, 7) is 1.92. The van der Waals surface area contributed by atoms with Gasteiger partial charge in [0, 0.05) is 22.8 Å². The number of carbonyl (C=O) groups excluding carboxylic acids is 1. The van der Waals surface area contributed by atoms with E-state index in [2.05, 4.69) is 20.2 Å². The van der Waals surface area contributed by atoms with Gasteiger partial charge in [0.15, 0.2) is 0 Å². The topological polar surface area (TPSA) is 101 Å². The molecule has 2 aromatic carbocycles. The highest BCUT2D eigenvalue weighted by Crippen LogP contribution is 2.22. The molecule has 0 atom stereocenters. The lowest BCUT2D eigenvalue weighted by Crippen LogP contribution is -2.14. The van der Waals surface area contributed by atoms with Crippen molar-refractivity contribution in [1.29, 1.82) is 0 Å². The Balaban J connectivity index is 1.52. The van der Waals surface area contributed by atoms with Crippen LogP contribution in [0.1, 0.15) is 18.4 Å². The lowest BCUT2D eigenvalue weighted by Gasteiger charge is -2.08. The lowest BCUT2D eigenvalue weighted by molar-refractivity contribution is -0.115. The Bertz CT molecular complexity index is 1050. The lowest BCUT2D eigenvalue weighted by atomic mass is 10.3. The van der Waals surface area contributed by atoms with Gasteiger partial charge in [-0.2, -0.15) is 0 Å². The monoisotopic (exact) mass is 448 g/mol. The molecule has 29 heavy (non-hydrogen) atoms. The van der Waals surface area contributed by atoms with Crippen LogP contribution in [0.25, 0.3) is 0 Å². The predicted octanol–water partition coefficient (Wildman–Crippen LogP) is 4.02. The molecule has 0 radical (unpaired) electrons. The molecule has 3 aromatic rings. The first kappa shape index (κ1) is 21.3. The number of thioether (sulfide) groups is 1. The van der Waals surface area contributed by atoms with Crippen molar-refractivity contribution >= 4 is 49.8 Å². The van der Waals surface area contributed by atoms with E-state index in [0.717, 1.165) is 9.90 Å². The summed E-state index contributed by atoms with van der Waals surface area (Å²) in [5.41, 5.74) is 0.544. The molecule has 0 fully saturated rings. The zero-order chi connectivity index (χ0) is 20.7. The zero-order valence-electron chi connectivity index (χ0n) is 15.7. The van der Waals surface area contributed by atoms with Gasteiger partial charge in [0.25, 0.3) is 10.0 Å². The van der Waals surface area contributed by atoms with E-state index in [1.807, 2.05) is 37.3 Å². The number of carbonyl (C=O) groups is 1. The highest BCUT2D eigenvalue weighted by molar-refractivity contribution is 7.99. The van der Waals surface area contributed by atoms with Gasteiger partial charge in [-0.05, 0) is 42.8 Å². The highest BCUT2D eigenvalue weighted by Gasteiger charge is 2.17. The zero-order valence-corrected chi connectivity index (χ0v) is 18.1. The normalized spacial score (nSPS) is 11.2. The molecule has 7 nitrogen and oxygen atoms in total. The summed E-state index contributed by atoms with van der Waals surface area (Å²) in [5.74, 6) is 0.538. The van der Waals surface area contributed by atoms with E-state index in [1.54, 1.807) is 23.9 Å². The van der Waals surface area contributed by atoms with Crippen LogP contribution in [0.2, 0.25) is 0 Å². The highest BCUT2D eigenvalue weighted by atomic mass is 32.2. The minimum atomic E-state index is -3.76. The molecule has 0 bridgehead atoms. The molecule has 0 aliphatic rings. The summed E-state index contributed by atoms with van der Waals surface area (Å²) in [5, 5.41) is 11.5. The van der Waals surface area contributed by atoms with Crippen LogP contribution >= 0.6 is 23.1 Å². The predicted molar refractivity (Wildman–Crippen MR) is 117 cm³/mol. The van der Waals surface area contributed by atoms with Crippen LogP contribution < -0.4 is 10.0 Å². The third-order valence-electron chi connectivity index (χ3n) is 3.78. The number of sulfonamides is 1. The van der Waals surface area contributed by atoms with Crippen molar-refractivity contribution in [3.63, 3.8) is 0 Å². The van der Waals surface area contributed by atoms with Crippen molar-refractivity contribution in [2.45, 2.75) is 29.6 Å². The van der Waals surface area contributed by atoms with Gasteiger partial charge in [-0.25, -0.2) is 8.42 Å². The van der Waals surface area contributed by atoms with E-state index < -0.39 is 10.0 Å². The molecule has 152 valence electrons. The SMILES string of the molecule is CCc1nnc(NS(=O)(=O)c2ccc(NC(=O)CCSc3ccccc3)cc2)s1. The first-order valence-electron chi connectivity index (χ1n) is 8.89. The number of aryl methyl sites for hydroxylation is 1. The fraction of sp³-hybridized carbons (Fsp3) is 0.211. The number of amides is 1. The third kappa shape index (κ3) is 6.28. The molecular formula is C19H20N4O3S3. The number of benzene rings is 2. The summed E-state index contributed by atoms with van der Waals surface area (Å²) in [6.07, 6.45) is 1.05. The number of aromatic nitrogens is 2. The molecule has 0 unspecified atom stereocenters. The van der Waals surface area contributed by atoms with Gasteiger partial charge in [0.1, 0.15) is 5.01 Å². The molecule has 2 N–H and O–H groups in total. The van der Waals surface area contributed by atoms with Crippen molar-refractivity contribution in [1.82, 2.24) is 10.2 Å². The van der Waals surface area contributed by atoms with Crippen molar-refractivity contribution < 1.29 is 13.2 Å². The first-order valence-corrected chi connectivity index (χ1v) is 12.2. The second-order valence-electron chi connectivity index (χ2n) is 5.94. The maximum Gasteiger partial charge on any atom is 0.263 e. The number of nitrogens with one attached hydrogen (secondary N) is 2. The van der Waals surface area contributed by atoms with Crippen molar-refractivity contribution in [2.24, 2.45) is 0 Å². The van der Waals surface area contributed by atoms with Gasteiger partial charge in [0.2, 0.25) is 11.0 Å². The van der Waals surface area contributed by atoms with Crippen molar-refractivity contribution in [2.75, 3.05) is 15.8 Å². The fourth-order valence-electron chi connectivity index (χ4n) is 2.33.